The highest BCUT2D eigenvalue weighted by molar-refractivity contribution is 7.40. The molecule has 0 saturated heterocycles. The van der Waals surface area contributed by atoms with Gasteiger partial charge in [-0.25, -0.2) is 9.97 Å². The topological polar surface area (TPSA) is 25.8 Å². The second-order valence-corrected chi connectivity index (χ2v) is 7.18. The third kappa shape index (κ3) is 1.76. The minimum absolute atomic E-state index is 1.05. The summed E-state index contributed by atoms with van der Waals surface area (Å²) in [5, 5.41) is 4.61. The van der Waals surface area contributed by atoms with Crippen LogP contribution < -0.4 is 0 Å². The molecule has 0 bridgehead atoms. The maximum atomic E-state index is 4.56. The smallest absolute Gasteiger partial charge is 0.129 e. The summed E-state index contributed by atoms with van der Waals surface area (Å²) in [6.07, 6.45) is 1.68. The molecule has 0 fully saturated rings. The van der Waals surface area contributed by atoms with Crippen LogP contribution >= 0.6 is 22.7 Å². The van der Waals surface area contributed by atoms with Gasteiger partial charge in [0.15, 0.2) is 0 Å². The van der Waals surface area contributed by atoms with Gasteiger partial charge in [0.25, 0.3) is 0 Å². The summed E-state index contributed by atoms with van der Waals surface area (Å²) < 4.78 is 1.33. The van der Waals surface area contributed by atoms with Crippen LogP contribution in [0.2, 0.25) is 0 Å². The molecule has 2 nitrogen and oxygen atoms in total. The Morgan fingerprint density at radius 1 is 1.00 bits per heavy atom. The fourth-order valence-corrected chi connectivity index (χ4v) is 4.75. The van der Waals surface area contributed by atoms with Crippen molar-refractivity contribution in [3.63, 3.8) is 0 Å². The monoisotopic (exact) mass is 296 g/mol. The van der Waals surface area contributed by atoms with E-state index < -0.39 is 0 Å². The zero-order valence-electron chi connectivity index (χ0n) is 11.2. The highest BCUT2D eigenvalue weighted by Crippen LogP contribution is 2.40. The summed E-state index contributed by atoms with van der Waals surface area (Å²) in [6.45, 7) is 4.26. The van der Waals surface area contributed by atoms with E-state index in [2.05, 4.69) is 53.5 Å². The molecule has 3 aromatic heterocycles. The second-order valence-electron chi connectivity index (χ2n) is 5.00. The summed E-state index contributed by atoms with van der Waals surface area (Å²) in [7, 11) is 0. The van der Waals surface area contributed by atoms with E-state index in [0.29, 0.717) is 0 Å². The second kappa shape index (κ2) is 4.36. The molecule has 0 N–H and O–H groups in total. The molecule has 0 aliphatic carbocycles. The van der Waals surface area contributed by atoms with Crippen molar-refractivity contribution >= 4 is 42.3 Å². The van der Waals surface area contributed by atoms with E-state index in [0.717, 1.165) is 10.5 Å². The van der Waals surface area contributed by atoms with Gasteiger partial charge in [-0.15, -0.1) is 22.7 Å². The summed E-state index contributed by atoms with van der Waals surface area (Å²) in [4.78, 5) is 10.1. The summed E-state index contributed by atoms with van der Waals surface area (Å²) in [5.74, 6) is 0. The third-order valence-corrected chi connectivity index (χ3v) is 5.55. The minimum Gasteiger partial charge on any atom is -0.236 e. The first-order chi connectivity index (χ1) is 9.72. The maximum absolute atomic E-state index is 4.56. The Morgan fingerprint density at radius 3 is 2.60 bits per heavy atom. The molecular weight excluding hydrogens is 284 g/mol. The van der Waals surface area contributed by atoms with Gasteiger partial charge in [0.2, 0.25) is 0 Å². The predicted octanol–water partition coefficient (Wildman–Crippen LogP) is 5.19. The lowest BCUT2D eigenvalue weighted by atomic mass is 10.0. The molecule has 0 saturated carbocycles. The van der Waals surface area contributed by atoms with Gasteiger partial charge in [-0.3, -0.25) is 0 Å². The van der Waals surface area contributed by atoms with Gasteiger partial charge in [-0.05, 0) is 37.4 Å². The molecule has 4 heteroatoms. The van der Waals surface area contributed by atoms with Crippen LogP contribution in [0.1, 0.15) is 11.1 Å². The van der Waals surface area contributed by atoms with Crippen molar-refractivity contribution in [2.45, 2.75) is 13.8 Å². The highest BCUT2D eigenvalue weighted by atomic mass is 32.2. The predicted molar refractivity (Wildman–Crippen MR) is 87.7 cm³/mol. The van der Waals surface area contributed by atoms with Crippen molar-refractivity contribution in [2.75, 3.05) is 0 Å². The molecule has 98 valence electrons. The Morgan fingerprint density at radius 2 is 1.80 bits per heavy atom. The lowest BCUT2D eigenvalue weighted by Gasteiger charge is -2.05. The normalized spacial score (nSPS) is 11.5. The molecule has 4 rings (SSSR count). The highest BCUT2D eigenvalue weighted by Gasteiger charge is 2.14. The first kappa shape index (κ1) is 12.0. The van der Waals surface area contributed by atoms with Crippen molar-refractivity contribution in [3.05, 3.63) is 47.1 Å². The van der Waals surface area contributed by atoms with E-state index in [1.54, 1.807) is 29.0 Å². The number of nitrogens with zero attached hydrogens (tertiary/aromatic N) is 2. The SMILES string of the molecule is Cc1cc(C)cc(-c2ncnc3sc4sccc4c23)c1. The van der Waals surface area contributed by atoms with E-state index >= 15 is 0 Å². The first-order valence-corrected chi connectivity index (χ1v) is 8.11. The van der Waals surface area contributed by atoms with Crippen LogP contribution in [0.5, 0.6) is 0 Å². The van der Waals surface area contributed by atoms with Crippen molar-refractivity contribution < 1.29 is 0 Å². The Hall–Kier alpha value is -1.78. The minimum atomic E-state index is 1.05. The Bertz CT molecular complexity index is 914. The summed E-state index contributed by atoms with van der Waals surface area (Å²) in [5.41, 5.74) is 4.76. The van der Waals surface area contributed by atoms with Crippen molar-refractivity contribution in [2.24, 2.45) is 0 Å². The van der Waals surface area contributed by atoms with Crippen LogP contribution in [0.15, 0.2) is 36.0 Å². The number of hydrogen-bond acceptors (Lipinski definition) is 4. The fourth-order valence-electron chi connectivity index (χ4n) is 2.67. The van der Waals surface area contributed by atoms with Crippen LogP contribution in [-0.4, -0.2) is 9.97 Å². The molecule has 0 aliphatic heterocycles. The lowest BCUT2D eigenvalue weighted by Crippen LogP contribution is -1.88. The van der Waals surface area contributed by atoms with E-state index in [-0.39, 0.29) is 0 Å². The first-order valence-electron chi connectivity index (χ1n) is 6.42. The average Bonchev–Trinajstić information content (AvgIpc) is 2.96. The lowest BCUT2D eigenvalue weighted by molar-refractivity contribution is 1.23. The van der Waals surface area contributed by atoms with Crippen molar-refractivity contribution in [1.29, 1.82) is 0 Å². The summed E-state index contributed by atoms with van der Waals surface area (Å²) >= 11 is 3.53. The van der Waals surface area contributed by atoms with E-state index in [1.807, 2.05) is 0 Å². The maximum Gasteiger partial charge on any atom is 0.129 e. The van der Waals surface area contributed by atoms with Crippen LogP contribution in [0.25, 0.3) is 30.9 Å². The van der Waals surface area contributed by atoms with Gasteiger partial charge in [0.05, 0.1) is 9.71 Å². The summed E-state index contributed by atoms with van der Waals surface area (Å²) in [6, 6.07) is 8.76. The molecule has 3 heterocycles. The Kier molecular flexibility index (Phi) is 2.62. The number of aryl methyl sites for hydroxylation is 2. The number of thiophene rings is 2. The molecule has 0 spiro atoms. The van der Waals surface area contributed by atoms with Gasteiger partial charge < -0.3 is 0 Å². The Labute approximate surface area is 124 Å². The molecule has 4 aromatic rings. The quantitative estimate of drug-likeness (QED) is 0.483. The zero-order chi connectivity index (χ0) is 13.7. The van der Waals surface area contributed by atoms with Crippen LogP contribution in [0, 0.1) is 13.8 Å². The molecule has 0 radical (unpaired) electrons. The van der Waals surface area contributed by atoms with Gasteiger partial charge in [-0.2, -0.15) is 0 Å². The number of aromatic nitrogens is 2. The number of fused-ring (bicyclic) bond motifs is 3. The van der Waals surface area contributed by atoms with Crippen molar-refractivity contribution in [1.82, 2.24) is 9.97 Å². The third-order valence-electron chi connectivity index (χ3n) is 3.40. The van der Waals surface area contributed by atoms with Crippen LogP contribution in [-0.2, 0) is 0 Å². The molecule has 0 aliphatic rings. The zero-order valence-corrected chi connectivity index (χ0v) is 12.8. The molecule has 0 atom stereocenters. The Balaban J connectivity index is 2.12. The van der Waals surface area contributed by atoms with Gasteiger partial charge in [0, 0.05) is 16.3 Å². The van der Waals surface area contributed by atoms with Gasteiger partial charge in [0.1, 0.15) is 11.2 Å². The standard InChI is InChI=1S/C16H12N2S2/c1-9-5-10(2)7-11(6-9)14-13-12-3-4-19-16(12)20-15(13)18-8-17-14/h3-8H,1-2H3. The van der Waals surface area contributed by atoms with E-state index in [4.69, 9.17) is 0 Å². The number of rotatable bonds is 1. The molecule has 20 heavy (non-hydrogen) atoms. The van der Waals surface area contributed by atoms with Crippen LogP contribution in [0.3, 0.4) is 0 Å². The van der Waals surface area contributed by atoms with Crippen molar-refractivity contribution in [3.8, 4) is 11.3 Å². The number of benzene rings is 1. The van der Waals surface area contributed by atoms with E-state index in [1.165, 1.54) is 31.5 Å². The molecule has 1 aromatic carbocycles. The van der Waals surface area contributed by atoms with Crippen LogP contribution in [0.4, 0.5) is 0 Å². The molecule has 0 amide bonds. The van der Waals surface area contributed by atoms with E-state index in [9.17, 15) is 0 Å². The van der Waals surface area contributed by atoms with Gasteiger partial charge in [-0.1, -0.05) is 17.2 Å². The largest absolute Gasteiger partial charge is 0.236 e. The molecular formula is C16H12N2S2. The fraction of sp³-hybridized carbons (Fsp3) is 0.125. The van der Waals surface area contributed by atoms with Gasteiger partial charge >= 0.3 is 0 Å². The average molecular weight is 296 g/mol. The molecule has 0 unspecified atom stereocenters. The number of hydrogen-bond donors (Lipinski definition) is 0.